The Bertz CT molecular complexity index is 556. The minimum absolute atomic E-state index is 0.167. The van der Waals surface area contributed by atoms with Crippen LogP contribution >= 0.6 is 15.9 Å². The maximum Gasteiger partial charge on any atom is 0.324 e. The third-order valence-corrected chi connectivity index (χ3v) is 4.28. The van der Waals surface area contributed by atoms with E-state index in [1.54, 1.807) is 25.1 Å². The van der Waals surface area contributed by atoms with Crippen molar-refractivity contribution in [2.24, 2.45) is 5.41 Å². The number of rotatable bonds is 5. The number of ether oxygens (including phenoxy) is 2. The van der Waals surface area contributed by atoms with Crippen LogP contribution in [0.4, 0.5) is 0 Å². The number of benzene rings is 1. The molecule has 0 radical (unpaired) electrons. The number of halogens is 1. The average Bonchev–Trinajstić information content (AvgIpc) is 3.16. The van der Waals surface area contributed by atoms with Gasteiger partial charge in [0.15, 0.2) is 5.41 Å². The summed E-state index contributed by atoms with van der Waals surface area (Å²) >= 11 is 3.39. The van der Waals surface area contributed by atoms with E-state index >= 15 is 0 Å². The monoisotopic (exact) mass is 342 g/mol. The molecule has 0 aliphatic heterocycles. The highest BCUT2D eigenvalue weighted by Crippen LogP contribution is 2.61. The van der Waals surface area contributed by atoms with Crippen LogP contribution in [-0.4, -0.2) is 30.8 Å². The number of carboxylic acids is 1. The topological polar surface area (TPSA) is 72.8 Å². The summed E-state index contributed by atoms with van der Waals surface area (Å²) in [4.78, 5) is 23.5. The molecule has 2 rings (SSSR count). The molecule has 108 valence electrons. The van der Waals surface area contributed by atoms with E-state index in [2.05, 4.69) is 15.9 Å². The molecule has 0 amide bonds. The highest BCUT2D eigenvalue weighted by molar-refractivity contribution is 9.10. The molecule has 6 heteroatoms. The normalized spacial score (nSPS) is 24.1. The Hall–Kier alpha value is -1.56. The molecule has 0 bridgehead atoms. The lowest BCUT2D eigenvalue weighted by atomic mass is 9.99. The number of carbonyl (C=O) groups excluding carboxylic acids is 1. The van der Waals surface area contributed by atoms with Gasteiger partial charge < -0.3 is 14.6 Å². The van der Waals surface area contributed by atoms with E-state index in [1.807, 2.05) is 0 Å². The Morgan fingerprint density at radius 3 is 2.75 bits per heavy atom. The van der Waals surface area contributed by atoms with Crippen LogP contribution in [0, 0.1) is 5.41 Å². The van der Waals surface area contributed by atoms with Crippen LogP contribution in [0.5, 0.6) is 5.75 Å². The quantitative estimate of drug-likeness (QED) is 0.657. The number of aliphatic carboxylic acids is 1. The van der Waals surface area contributed by atoms with Gasteiger partial charge in [-0.2, -0.15) is 0 Å². The van der Waals surface area contributed by atoms with Gasteiger partial charge in [-0.25, -0.2) is 0 Å². The molecule has 0 heterocycles. The second-order valence-corrected chi connectivity index (χ2v) is 5.50. The van der Waals surface area contributed by atoms with Gasteiger partial charge in [-0.15, -0.1) is 0 Å². The van der Waals surface area contributed by atoms with Gasteiger partial charge in [-0.1, -0.05) is 15.9 Å². The van der Waals surface area contributed by atoms with Gasteiger partial charge in [0.2, 0.25) is 0 Å². The second kappa shape index (κ2) is 5.44. The lowest BCUT2D eigenvalue weighted by molar-refractivity contribution is -0.161. The standard InChI is InChI=1S/C14H15BrO5/c1-3-20-13(18)14(12(16)17)7-10(14)9-6-8(19-2)4-5-11(9)15/h4-6,10H,3,7H2,1-2H3,(H,16,17)/t10?,14-/m1/s1. The van der Waals surface area contributed by atoms with Crippen molar-refractivity contribution in [3.8, 4) is 5.75 Å². The Morgan fingerprint density at radius 2 is 2.20 bits per heavy atom. The van der Waals surface area contributed by atoms with Crippen LogP contribution in [0.2, 0.25) is 0 Å². The van der Waals surface area contributed by atoms with Gasteiger partial charge in [-0.05, 0) is 37.1 Å². The third-order valence-electron chi connectivity index (χ3n) is 3.56. The number of hydrogen-bond donors (Lipinski definition) is 1. The van der Waals surface area contributed by atoms with Gasteiger partial charge in [0.05, 0.1) is 13.7 Å². The summed E-state index contributed by atoms with van der Waals surface area (Å²) in [5.41, 5.74) is -0.718. The predicted octanol–water partition coefficient (Wildman–Crippen LogP) is 2.58. The molecule has 1 aromatic rings. The number of methoxy groups -OCH3 is 1. The molecule has 0 saturated heterocycles. The first-order valence-electron chi connectivity index (χ1n) is 6.21. The van der Waals surface area contributed by atoms with Crippen molar-refractivity contribution in [1.82, 2.24) is 0 Å². The minimum atomic E-state index is -1.47. The van der Waals surface area contributed by atoms with E-state index in [0.29, 0.717) is 5.75 Å². The molecule has 1 fully saturated rings. The molecule has 1 aliphatic carbocycles. The highest BCUT2D eigenvalue weighted by atomic mass is 79.9. The first kappa shape index (κ1) is 14.8. The van der Waals surface area contributed by atoms with Crippen LogP contribution < -0.4 is 4.74 Å². The summed E-state index contributed by atoms with van der Waals surface area (Å²) in [6.45, 7) is 1.83. The fraction of sp³-hybridized carbons (Fsp3) is 0.429. The Labute approximate surface area is 125 Å². The number of carbonyl (C=O) groups is 2. The van der Waals surface area contributed by atoms with Crippen molar-refractivity contribution >= 4 is 27.9 Å². The minimum Gasteiger partial charge on any atom is -0.497 e. The van der Waals surface area contributed by atoms with Gasteiger partial charge in [0.1, 0.15) is 5.75 Å². The smallest absolute Gasteiger partial charge is 0.324 e. The molecule has 1 N–H and O–H groups in total. The SMILES string of the molecule is CCOC(=O)[C@]1(C(=O)O)CC1c1cc(OC)ccc1Br. The van der Waals surface area contributed by atoms with Crippen LogP contribution in [0.25, 0.3) is 0 Å². The molecule has 0 spiro atoms. The zero-order chi connectivity index (χ0) is 14.9. The zero-order valence-electron chi connectivity index (χ0n) is 11.2. The highest BCUT2D eigenvalue weighted by Gasteiger charge is 2.68. The van der Waals surface area contributed by atoms with E-state index in [9.17, 15) is 14.7 Å². The van der Waals surface area contributed by atoms with Crippen LogP contribution in [-0.2, 0) is 14.3 Å². The fourth-order valence-electron chi connectivity index (χ4n) is 2.36. The van der Waals surface area contributed by atoms with Gasteiger partial charge in [0.25, 0.3) is 0 Å². The van der Waals surface area contributed by atoms with Crippen LogP contribution in [0.3, 0.4) is 0 Å². The lowest BCUT2D eigenvalue weighted by Gasteiger charge is -2.13. The Morgan fingerprint density at radius 1 is 1.50 bits per heavy atom. The Balaban J connectivity index is 2.36. The van der Waals surface area contributed by atoms with Crippen LogP contribution in [0.15, 0.2) is 22.7 Å². The van der Waals surface area contributed by atoms with Crippen molar-refractivity contribution in [3.63, 3.8) is 0 Å². The number of esters is 1. The molecular weight excluding hydrogens is 328 g/mol. The molecule has 1 saturated carbocycles. The van der Waals surface area contributed by atoms with Crippen molar-refractivity contribution < 1.29 is 24.2 Å². The predicted molar refractivity (Wildman–Crippen MR) is 74.8 cm³/mol. The van der Waals surface area contributed by atoms with Gasteiger partial charge in [0, 0.05) is 10.4 Å². The summed E-state index contributed by atoms with van der Waals surface area (Å²) in [6, 6.07) is 5.30. The summed E-state index contributed by atoms with van der Waals surface area (Å²) in [5, 5.41) is 9.40. The molecule has 5 nitrogen and oxygen atoms in total. The number of hydrogen-bond acceptors (Lipinski definition) is 4. The lowest BCUT2D eigenvalue weighted by Crippen LogP contribution is -2.29. The summed E-state index contributed by atoms with van der Waals surface area (Å²) in [6.07, 6.45) is 0.243. The maximum absolute atomic E-state index is 12.0. The van der Waals surface area contributed by atoms with Crippen molar-refractivity contribution in [3.05, 3.63) is 28.2 Å². The maximum atomic E-state index is 12.0. The molecule has 0 aromatic heterocycles. The van der Waals surface area contributed by atoms with Crippen molar-refractivity contribution in [2.75, 3.05) is 13.7 Å². The third kappa shape index (κ3) is 2.28. The van der Waals surface area contributed by atoms with E-state index in [0.717, 1.165) is 10.0 Å². The molecule has 1 unspecified atom stereocenters. The van der Waals surface area contributed by atoms with Crippen LogP contribution in [0.1, 0.15) is 24.8 Å². The molecule has 20 heavy (non-hydrogen) atoms. The first-order chi connectivity index (χ1) is 9.47. The van der Waals surface area contributed by atoms with Gasteiger partial charge in [-0.3, -0.25) is 9.59 Å². The second-order valence-electron chi connectivity index (χ2n) is 4.64. The molecule has 2 atom stereocenters. The summed E-state index contributed by atoms with van der Waals surface area (Å²) in [7, 11) is 1.54. The van der Waals surface area contributed by atoms with E-state index in [1.165, 1.54) is 7.11 Å². The van der Waals surface area contributed by atoms with E-state index in [-0.39, 0.29) is 13.0 Å². The Kier molecular flexibility index (Phi) is 4.04. The molecular formula is C14H15BrO5. The van der Waals surface area contributed by atoms with Crippen molar-refractivity contribution in [2.45, 2.75) is 19.3 Å². The molecule has 1 aromatic carbocycles. The average molecular weight is 343 g/mol. The number of carboxylic acid groups (broad SMARTS) is 1. The van der Waals surface area contributed by atoms with Gasteiger partial charge >= 0.3 is 11.9 Å². The summed E-state index contributed by atoms with van der Waals surface area (Å²) in [5.74, 6) is -1.59. The first-order valence-corrected chi connectivity index (χ1v) is 7.00. The van der Waals surface area contributed by atoms with Crippen molar-refractivity contribution in [1.29, 1.82) is 0 Å². The van der Waals surface area contributed by atoms with E-state index in [4.69, 9.17) is 9.47 Å². The van der Waals surface area contributed by atoms with E-state index < -0.39 is 23.3 Å². The zero-order valence-corrected chi connectivity index (χ0v) is 12.8. The molecule has 1 aliphatic rings. The summed E-state index contributed by atoms with van der Waals surface area (Å²) < 4.78 is 10.8. The largest absolute Gasteiger partial charge is 0.497 e. The fourth-order valence-corrected chi connectivity index (χ4v) is 2.89.